The Morgan fingerprint density at radius 2 is 2.17 bits per heavy atom. The molecule has 5 heterocycles. The Morgan fingerprint density at radius 1 is 1.25 bits per heavy atom. The quantitative estimate of drug-likeness (QED) is 0.724. The van der Waals surface area contributed by atoms with Crippen molar-refractivity contribution in [3.63, 3.8) is 0 Å². The second kappa shape index (κ2) is 5.95. The van der Waals surface area contributed by atoms with Crippen molar-refractivity contribution in [2.24, 2.45) is 5.92 Å². The lowest BCUT2D eigenvalue weighted by Crippen LogP contribution is -2.44. The number of hydrogen-bond acceptors (Lipinski definition) is 5. The molecular weight excluding hydrogens is 344 g/mol. The first-order valence-electron chi connectivity index (χ1n) is 7.93. The smallest absolute Gasteiger partial charge is 0.251 e. The Kier molecular flexibility index (Phi) is 3.90. The molecular formula is C17H17ClN4OS. The molecule has 24 heavy (non-hydrogen) atoms. The van der Waals surface area contributed by atoms with Crippen LogP contribution in [-0.2, 0) is 6.54 Å². The van der Waals surface area contributed by atoms with Crippen LogP contribution in [0, 0.1) is 5.92 Å². The van der Waals surface area contributed by atoms with E-state index in [-0.39, 0.29) is 18.0 Å². The summed E-state index contributed by atoms with van der Waals surface area (Å²) in [5.41, 5.74) is 3.98. The predicted molar refractivity (Wildman–Crippen MR) is 98.1 cm³/mol. The summed E-state index contributed by atoms with van der Waals surface area (Å²) < 4.78 is 3.02. The van der Waals surface area contributed by atoms with Crippen LogP contribution in [0.2, 0.25) is 0 Å². The molecule has 2 aliphatic rings. The summed E-state index contributed by atoms with van der Waals surface area (Å²) in [6, 6.07) is 5.89. The van der Waals surface area contributed by atoms with Crippen molar-refractivity contribution < 1.29 is 0 Å². The van der Waals surface area contributed by atoms with E-state index >= 15 is 0 Å². The molecule has 5 nitrogen and oxygen atoms in total. The van der Waals surface area contributed by atoms with Crippen LogP contribution in [0.25, 0.3) is 21.5 Å². The topological polar surface area (TPSA) is 59.8 Å². The highest BCUT2D eigenvalue weighted by molar-refractivity contribution is 7.17. The van der Waals surface area contributed by atoms with Gasteiger partial charge in [-0.2, -0.15) is 0 Å². The Bertz CT molecular complexity index is 967. The summed E-state index contributed by atoms with van der Waals surface area (Å²) in [6.45, 7) is 2.81. The molecule has 0 aliphatic carbocycles. The van der Waals surface area contributed by atoms with Gasteiger partial charge in [0.25, 0.3) is 5.56 Å². The zero-order chi connectivity index (χ0) is 15.4. The SMILES string of the molecule is Cl.O=c1cc(-c2ncnc3ccsc23)cc2n1C[C@@H]1CNC[C@H]2C1. The Labute approximate surface area is 149 Å². The van der Waals surface area contributed by atoms with Gasteiger partial charge in [-0.25, -0.2) is 9.97 Å². The van der Waals surface area contributed by atoms with Gasteiger partial charge in [0, 0.05) is 36.3 Å². The fraction of sp³-hybridized carbons (Fsp3) is 0.353. The summed E-state index contributed by atoms with van der Waals surface area (Å²) in [5.74, 6) is 1.00. The number of nitrogens with zero attached hydrogens (tertiary/aromatic N) is 3. The van der Waals surface area contributed by atoms with Gasteiger partial charge in [0.2, 0.25) is 0 Å². The molecule has 0 saturated carbocycles. The van der Waals surface area contributed by atoms with Crippen LogP contribution in [0.5, 0.6) is 0 Å². The van der Waals surface area contributed by atoms with E-state index in [0.29, 0.717) is 11.8 Å². The van der Waals surface area contributed by atoms with Crippen LogP contribution >= 0.6 is 23.7 Å². The van der Waals surface area contributed by atoms with Gasteiger partial charge in [-0.1, -0.05) is 0 Å². The Hall–Kier alpha value is -1.76. The second-order valence-corrected chi connectivity index (χ2v) is 7.35. The highest BCUT2D eigenvalue weighted by atomic mass is 35.5. The van der Waals surface area contributed by atoms with Crippen LogP contribution in [0.1, 0.15) is 18.0 Å². The lowest BCUT2D eigenvalue weighted by molar-refractivity contribution is 0.257. The zero-order valence-corrected chi connectivity index (χ0v) is 14.6. The summed E-state index contributed by atoms with van der Waals surface area (Å²) in [6.07, 6.45) is 2.76. The van der Waals surface area contributed by atoms with Crippen molar-refractivity contribution in [1.29, 1.82) is 0 Å². The number of hydrogen-bond donors (Lipinski definition) is 1. The number of halogens is 1. The number of rotatable bonds is 1. The maximum Gasteiger partial charge on any atom is 0.251 e. The van der Waals surface area contributed by atoms with E-state index in [9.17, 15) is 4.79 Å². The van der Waals surface area contributed by atoms with Gasteiger partial charge in [0.1, 0.15) is 6.33 Å². The second-order valence-electron chi connectivity index (χ2n) is 6.43. The molecule has 2 bridgehead atoms. The van der Waals surface area contributed by atoms with Gasteiger partial charge >= 0.3 is 0 Å². The van der Waals surface area contributed by atoms with Gasteiger partial charge in [-0.15, -0.1) is 23.7 Å². The summed E-state index contributed by atoms with van der Waals surface area (Å²) in [4.78, 5) is 21.4. The molecule has 1 fully saturated rings. The fourth-order valence-electron chi connectivity index (χ4n) is 3.94. The van der Waals surface area contributed by atoms with Crippen LogP contribution in [-0.4, -0.2) is 27.6 Å². The predicted octanol–water partition coefficient (Wildman–Crippen LogP) is 2.65. The van der Waals surface area contributed by atoms with Crippen LogP contribution in [0.4, 0.5) is 0 Å². The maximum absolute atomic E-state index is 12.7. The van der Waals surface area contributed by atoms with E-state index in [1.807, 2.05) is 16.0 Å². The monoisotopic (exact) mass is 360 g/mol. The van der Waals surface area contributed by atoms with Crippen molar-refractivity contribution in [2.75, 3.05) is 13.1 Å². The molecule has 0 amide bonds. The van der Waals surface area contributed by atoms with Crippen molar-refractivity contribution in [2.45, 2.75) is 18.9 Å². The minimum atomic E-state index is 0. The molecule has 5 rings (SSSR count). The first kappa shape index (κ1) is 15.7. The van der Waals surface area contributed by atoms with E-state index in [4.69, 9.17) is 0 Å². The van der Waals surface area contributed by atoms with E-state index in [1.165, 1.54) is 6.42 Å². The van der Waals surface area contributed by atoms with Crippen molar-refractivity contribution in [3.8, 4) is 11.3 Å². The fourth-order valence-corrected chi connectivity index (χ4v) is 4.79. The maximum atomic E-state index is 12.7. The zero-order valence-electron chi connectivity index (χ0n) is 12.9. The summed E-state index contributed by atoms with van der Waals surface area (Å²) in [5, 5.41) is 5.51. The number of fused-ring (bicyclic) bond motifs is 5. The first-order valence-corrected chi connectivity index (χ1v) is 8.81. The van der Waals surface area contributed by atoms with Gasteiger partial charge in [0.15, 0.2) is 0 Å². The molecule has 1 N–H and O–H groups in total. The lowest BCUT2D eigenvalue weighted by Gasteiger charge is -2.37. The third-order valence-electron chi connectivity index (χ3n) is 4.98. The van der Waals surface area contributed by atoms with Crippen molar-refractivity contribution in [1.82, 2.24) is 19.9 Å². The van der Waals surface area contributed by atoms with Gasteiger partial charge in [0.05, 0.1) is 15.9 Å². The number of piperidine rings is 1. The van der Waals surface area contributed by atoms with E-state index in [1.54, 1.807) is 23.7 Å². The van der Waals surface area contributed by atoms with E-state index in [0.717, 1.165) is 46.8 Å². The molecule has 0 aromatic carbocycles. The minimum Gasteiger partial charge on any atom is -0.316 e. The average Bonchev–Trinajstić information content (AvgIpc) is 3.04. The highest BCUT2D eigenvalue weighted by Crippen LogP contribution is 2.35. The van der Waals surface area contributed by atoms with Gasteiger partial charge in [-0.05, 0) is 36.4 Å². The van der Waals surface area contributed by atoms with E-state index in [2.05, 4.69) is 21.4 Å². The van der Waals surface area contributed by atoms with Gasteiger partial charge in [-0.3, -0.25) is 4.79 Å². The molecule has 0 radical (unpaired) electrons. The van der Waals surface area contributed by atoms with Crippen LogP contribution in [0.3, 0.4) is 0 Å². The number of aromatic nitrogens is 3. The molecule has 3 aromatic rings. The van der Waals surface area contributed by atoms with Gasteiger partial charge < -0.3 is 9.88 Å². The van der Waals surface area contributed by atoms with Crippen LogP contribution < -0.4 is 10.9 Å². The number of thiophene rings is 1. The number of nitrogens with one attached hydrogen (secondary N) is 1. The average molecular weight is 361 g/mol. The molecule has 0 unspecified atom stereocenters. The molecule has 3 aromatic heterocycles. The third kappa shape index (κ3) is 2.37. The molecule has 7 heteroatoms. The molecule has 2 aliphatic heterocycles. The largest absolute Gasteiger partial charge is 0.316 e. The summed E-state index contributed by atoms with van der Waals surface area (Å²) in [7, 11) is 0. The molecule has 1 saturated heterocycles. The first-order chi connectivity index (χ1) is 11.3. The number of pyridine rings is 1. The van der Waals surface area contributed by atoms with Crippen molar-refractivity contribution in [3.05, 3.63) is 46.0 Å². The molecule has 2 atom stereocenters. The van der Waals surface area contributed by atoms with Crippen LogP contribution in [0.15, 0.2) is 34.7 Å². The minimum absolute atomic E-state index is 0. The standard InChI is InChI=1S/C17H16N4OS.ClH/c22-15-5-11(16-17-13(1-2-23-17)19-9-20-16)4-14-12-3-10(6-18-7-12)8-21(14)15;/h1-2,4-5,9-10,12,18H,3,6-8H2;1H/t10-,12+;/m0./s1. The normalized spacial score (nSPS) is 22.0. The highest BCUT2D eigenvalue weighted by Gasteiger charge is 2.31. The molecule has 0 spiro atoms. The van der Waals surface area contributed by atoms with Crippen molar-refractivity contribution >= 4 is 34.0 Å². The van der Waals surface area contributed by atoms with E-state index < -0.39 is 0 Å². The third-order valence-corrected chi connectivity index (χ3v) is 5.89. The Morgan fingerprint density at radius 3 is 3.08 bits per heavy atom. The summed E-state index contributed by atoms with van der Waals surface area (Å²) >= 11 is 1.62. The Balaban J connectivity index is 0.00000146. The molecule has 124 valence electrons. The lowest BCUT2D eigenvalue weighted by atomic mass is 9.83.